The molecule has 2 fully saturated rings. The second-order valence-corrected chi connectivity index (χ2v) is 5.52. The molecule has 1 saturated heterocycles. The van der Waals surface area contributed by atoms with Crippen LogP contribution in [-0.2, 0) is 4.74 Å². The zero-order valence-corrected chi connectivity index (χ0v) is 11.6. The molecule has 3 nitrogen and oxygen atoms in total. The minimum atomic E-state index is -0.479. The van der Waals surface area contributed by atoms with Crippen LogP contribution in [0.4, 0.5) is 8.78 Å². The van der Waals surface area contributed by atoms with E-state index in [0.717, 1.165) is 19.4 Å². The Morgan fingerprint density at radius 2 is 2.00 bits per heavy atom. The van der Waals surface area contributed by atoms with Gasteiger partial charge in [-0.2, -0.15) is 0 Å². The van der Waals surface area contributed by atoms with E-state index in [0.29, 0.717) is 19.2 Å². The third kappa shape index (κ3) is 2.57. The molecule has 110 valence electrons. The first-order valence-corrected chi connectivity index (χ1v) is 7.18. The van der Waals surface area contributed by atoms with Crippen molar-refractivity contribution in [3.8, 4) is 0 Å². The highest BCUT2D eigenvalue weighted by atomic mass is 19.1. The van der Waals surface area contributed by atoms with Gasteiger partial charge in [-0.25, -0.2) is 8.78 Å². The minimum absolute atomic E-state index is 0.152. The summed E-state index contributed by atoms with van der Waals surface area (Å²) in [5.74, 6) is -0.959. The summed E-state index contributed by atoms with van der Waals surface area (Å²) in [6, 6.07) is 4.17. The molecular formula is C15H20F2N2O. The predicted octanol–water partition coefficient (Wildman–Crippen LogP) is 2.09. The smallest absolute Gasteiger partial charge is 0.131 e. The molecule has 0 aromatic heterocycles. The first-order chi connectivity index (χ1) is 9.72. The molecule has 1 aromatic carbocycles. The van der Waals surface area contributed by atoms with Crippen molar-refractivity contribution < 1.29 is 13.5 Å². The van der Waals surface area contributed by atoms with Gasteiger partial charge < -0.3 is 10.1 Å². The summed E-state index contributed by atoms with van der Waals surface area (Å²) in [5, 5.41) is 3.06. The fourth-order valence-corrected chi connectivity index (χ4v) is 3.09. The lowest BCUT2D eigenvalue weighted by atomic mass is 9.96. The van der Waals surface area contributed by atoms with E-state index in [2.05, 4.69) is 10.2 Å². The Labute approximate surface area is 117 Å². The molecule has 0 spiro atoms. The van der Waals surface area contributed by atoms with Crippen molar-refractivity contribution in [1.82, 2.24) is 10.2 Å². The van der Waals surface area contributed by atoms with Gasteiger partial charge >= 0.3 is 0 Å². The molecule has 2 atom stereocenters. The molecule has 0 bridgehead atoms. The average molecular weight is 282 g/mol. The molecule has 20 heavy (non-hydrogen) atoms. The maximum Gasteiger partial charge on any atom is 0.131 e. The van der Waals surface area contributed by atoms with Gasteiger partial charge in [0.1, 0.15) is 11.6 Å². The second kappa shape index (κ2) is 5.76. The van der Waals surface area contributed by atoms with E-state index in [1.165, 1.54) is 18.2 Å². The summed E-state index contributed by atoms with van der Waals surface area (Å²) < 4.78 is 34.1. The topological polar surface area (TPSA) is 24.5 Å². The van der Waals surface area contributed by atoms with Crippen molar-refractivity contribution in [2.45, 2.75) is 31.0 Å². The Balaban J connectivity index is 1.98. The summed E-state index contributed by atoms with van der Waals surface area (Å²) >= 11 is 0. The van der Waals surface area contributed by atoms with Crippen LogP contribution in [-0.4, -0.2) is 43.8 Å². The van der Waals surface area contributed by atoms with Crippen LogP contribution in [0.15, 0.2) is 18.2 Å². The summed E-state index contributed by atoms with van der Waals surface area (Å²) in [4.78, 5) is 2.22. The van der Waals surface area contributed by atoms with Crippen molar-refractivity contribution in [1.29, 1.82) is 0 Å². The molecule has 2 aliphatic rings. The van der Waals surface area contributed by atoms with Gasteiger partial charge in [-0.05, 0) is 32.0 Å². The fraction of sp³-hybridized carbons (Fsp3) is 0.600. The fourth-order valence-electron chi connectivity index (χ4n) is 3.09. The van der Waals surface area contributed by atoms with Gasteiger partial charge in [0.25, 0.3) is 0 Å². The summed E-state index contributed by atoms with van der Waals surface area (Å²) in [7, 11) is 1.83. The average Bonchev–Trinajstić information content (AvgIpc) is 3.24. The Kier molecular flexibility index (Phi) is 4.01. The zero-order chi connectivity index (χ0) is 14.1. The van der Waals surface area contributed by atoms with Crippen molar-refractivity contribution in [3.63, 3.8) is 0 Å². The molecule has 1 heterocycles. The van der Waals surface area contributed by atoms with Crippen LogP contribution in [0.25, 0.3) is 0 Å². The van der Waals surface area contributed by atoms with Crippen molar-refractivity contribution >= 4 is 0 Å². The zero-order valence-electron chi connectivity index (χ0n) is 11.6. The lowest BCUT2D eigenvalue weighted by Gasteiger charge is -2.42. The molecule has 1 N–H and O–H groups in total. The SMILES string of the molecule is CNCC1OCCN(C2CC2)C1c1c(F)cccc1F. The molecule has 1 aliphatic heterocycles. The van der Waals surface area contributed by atoms with Gasteiger partial charge in [0.2, 0.25) is 0 Å². The van der Waals surface area contributed by atoms with Gasteiger partial charge in [0, 0.05) is 24.7 Å². The van der Waals surface area contributed by atoms with E-state index in [9.17, 15) is 8.78 Å². The van der Waals surface area contributed by atoms with Crippen LogP contribution in [0.1, 0.15) is 24.4 Å². The van der Waals surface area contributed by atoms with Crippen molar-refractivity contribution in [3.05, 3.63) is 35.4 Å². The number of benzene rings is 1. The van der Waals surface area contributed by atoms with Crippen LogP contribution < -0.4 is 5.32 Å². The molecular weight excluding hydrogens is 262 g/mol. The van der Waals surface area contributed by atoms with Crippen LogP contribution >= 0.6 is 0 Å². The molecule has 1 aliphatic carbocycles. The Hall–Kier alpha value is -1.04. The standard InChI is InChI=1S/C15H20F2N2O/c1-18-9-13-15(14-11(16)3-2-4-12(14)17)19(7-8-20-13)10-5-6-10/h2-4,10,13,15,18H,5-9H2,1H3. The highest BCUT2D eigenvalue weighted by molar-refractivity contribution is 5.26. The van der Waals surface area contributed by atoms with Crippen molar-refractivity contribution in [2.24, 2.45) is 0 Å². The van der Waals surface area contributed by atoms with Gasteiger partial charge in [-0.15, -0.1) is 0 Å². The Morgan fingerprint density at radius 1 is 1.30 bits per heavy atom. The maximum atomic E-state index is 14.2. The third-order valence-electron chi connectivity index (χ3n) is 4.11. The summed E-state index contributed by atoms with van der Waals surface area (Å²) in [6.45, 7) is 1.94. The number of halogens is 2. The number of likely N-dealkylation sites (N-methyl/N-ethyl adjacent to an activating group) is 1. The van der Waals surface area contributed by atoms with E-state index in [1.54, 1.807) is 0 Å². The first-order valence-electron chi connectivity index (χ1n) is 7.18. The molecule has 0 radical (unpaired) electrons. The number of ether oxygens (including phenoxy) is 1. The molecule has 3 rings (SSSR count). The van der Waals surface area contributed by atoms with E-state index < -0.39 is 11.6 Å². The monoisotopic (exact) mass is 282 g/mol. The molecule has 1 aromatic rings. The van der Waals surface area contributed by atoms with E-state index in [1.807, 2.05) is 7.05 Å². The van der Waals surface area contributed by atoms with E-state index >= 15 is 0 Å². The number of nitrogens with zero attached hydrogens (tertiary/aromatic N) is 1. The third-order valence-corrected chi connectivity index (χ3v) is 4.11. The highest BCUT2D eigenvalue weighted by Crippen LogP contribution is 2.40. The number of morpholine rings is 1. The highest BCUT2D eigenvalue weighted by Gasteiger charge is 2.43. The predicted molar refractivity (Wildman–Crippen MR) is 72.5 cm³/mol. The Morgan fingerprint density at radius 3 is 2.60 bits per heavy atom. The number of nitrogens with one attached hydrogen (secondary N) is 1. The normalized spacial score (nSPS) is 27.8. The second-order valence-electron chi connectivity index (χ2n) is 5.52. The molecule has 0 amide bonds. The van der Waals surface area contributed by atoms with Gasteiger partial charge in [-0.3, -0.25) is 4.90 Å². The lowest BCUT2D eigenvalue weighted by molar-refractivity contribution is -0.0760. The van der Waals surface area contributed by atoms with E-state index in [4.69, 9.17) is 4.74 Å². The molecule has 1 saturated carbocycles. The first kappa shape index (κ1) is 13.9. The number of hydrogen-bond acceptors (Lipinski definition) is 3. The van der Waals surface area contributed by atoms with Crippen LogP contribution in [0.3, 0.4) is 0 Å². The van der Waals surface area contributed by atoms with Crippen molar-refractivity contribution in [2.75, 3.05) is 26.7 Å². The quantitative estimate of drug-likeness (QED) is 0.915. The van der Waals surface area contributed by atoms with E-state index in [-0.39, 0.29) is 17.7 Å². The largest absolute Gasteiger partial charge is 0.374 e. The lowest BCUT2D eigenvalue weighted by Crippen LogP contribution is -2.50. The summed E-state index contributed by atoms with van der Waals surface area (Å²) in [5.41, 5.74) is 0.152. The van der Waals surface area contributed by atoms with Crippen LogP contribution in [0, 0.1) is 11.6 Å². The summed E-state index contributed by atoms with van der Waals surface area (Å²) in [6.07, 6.45) is 2.00. The minimum Gasteiger partial charge on any atom is -0.374 e. The molecule has 2 unspecified atom stereocenters. The number of rotatable bonds is 4. The Bertz CT molecular complexity index is 457. The van der Waals surface area contributed by atoms with Gasteiger partial charge in [-0.1, -0.05) is 6.07 Å². The van der Waals surface area contributed by atoms with Gasteiger partial charge in [0.15, 0.2) is 0 Å². The molecule has 5 heteroatoms. The maximum absolute atomic E-state index is 14.2. The van der Waals surface area contributed by atoms with Crippen LogP contribution in [0.5, 0.6) is 0 Å². The van der Waals surface area contributed by atoms with Crippen LogP contribution in [0.2, 0.25) is 0 Å². The number of hydrogen-bond donors (Lipinski definition) is 1. The van der Waals surface area contributed by atoms with Gasteiger partial charge in [0.05, 0.1) is 18.8 Å².